The summed E-state index contributed by atoms with van der Waals surface area (Å²) < 4.78 is 19.0. The van der Waals surface area contributed by atoms with E-state index in [1.165, 1.54) is 38.8 Å². The van der Waals surface area contributed by atoms with Gasteiger partial charge in [0, 0.05) is 20.0 Å². The number of ether oxygens (including phenoxy) is 3. The second kappa shape index (κ2) is 11.5. The van der Waals surface area contributed by atoms with Crippen molar-refractivity contribution in [3.05, 3.63) is 0 Å². The molecule has 5 heteroatoms. The van der Waals surface area contributed by atoms with Gasteiger partial charge in [-0.1, -0.05) is 26.7 Å². The normalized spacial score (nSPS) is 25.8. The second-order valence-electron chi connectivity index (χ2n) is 7.76. The summed E-state index contributed by atoms with van der Waals surface area (Å²) in [6.45, 7) is 17.0. The van der Waals surface area contributed by atoms with Crippen LogP contribution in [-0.2, 0) is 14.2 Å². The van der Waals surface area contributed by atoms with Gasteiger partial charge in [0.1, 0.15) is 13.1 Å². The second-order valence-corrected chi connectivity index (χ2v) is 7.76. The SMILES string of the molecule is CCCCN1CCOC(CCOC(C)[N+]2(CCCC)CCOCC2)C1. The maximum absolute atomic E-state index is 6.32. The molecule has 2 heterocycles. The first kappa shape index (κ1) is 21.1. The largest absolute Gasteiger partial charge is 0.375 e. The number of quaternary nitrogens is 1. The van der Waals surface area contributed by atoms with Crippen LogP contribution in [0.5, 0.6) is 0 Å². The Kier molecular flexibility index (Phi) is 9.71. The molecule has 5 nitrogen and oxygen atoms in total. The van der Waals surface area contributed by atoms with Gasteiger partial charge >= 0.3 is 0 Å². The van der Waals surface area contributed by atoms with Crippen LogP contribution in [0.2, 0.25) is 0 Å². The van der Waals surface area contributed by atoms with Gasteiger partial charge in [-0.05, 0) is 25.8 Å². The van der Waals surface area contributed by atoms with E-state index >= 15 is 0 Å². The van der Waals surface area contributed by atoms with Crippen molar-refractivity contribution < 1.29 is 18.7 Å². The zero-order valence-electron chi connectivity index (χ0n) is 16.9. The van der Waals surface area contributed by atoms with Gasteiger partial charge in [0.25, 0.3) is 0 Å². The van der Waals surface area contributed by atoms with E-state index in [-0.39, 0.29) is 6.23 Å². The molecule has 0 radical (unpaired) electrons. The van der Waals surface area contributed by atoms with Crippen LogP contribution < -0.4 is 0 Å². The fourth-order valence-corrected chi connectivity index (χ4v) is 4.02. The Labute approximate surface area is 155 Å². The van der Waals surface area contributed by atoms with Crippen LogP contribution in [0.4, 0.5) is 0 Å². The van der Waals surface area contributed by atoms with Crippen molar-refractivity contribution in [3.63, 3.8) is 0 Å². The van der Waals surface area contributed by atoms with Crippen molar-refractivity contribution in [1.29, 1.82) is 0 Å². The van der Waals surface area contributed by atoms with Crippen LogP contribution in [0.1, 0.15) is 52.9 Å². The minimum atomic E-state index is 0.259. The number of rotatable bonds is 11. The molecule has 0 amide bonds. The highest BCUT2D eigenvalue weighted by Gasteiger charge is 2.36. The zero-order chi connectivity index (χ0) is 18.0. The molecule has 148 valence electrons. The predicted octanol–water partition coefficient (Wildman–Crippen LogP) is 2.89. The monoisotopic (exact) mass is 357 g/mol. The molecule has 2 atom stereocenters. The van der Waals surface area contributed by atoms with Crippen LogP contribution in [0.3, 0.4) is 0 Å². The highest BCUT2D eigenvalue weighted by molar-refractivity contribution is 4.71. The molecule has 2 saturated heterocycles. The lowest BCUT2D eigenvalue weighted by atomic mass is 10.2. The Bertz CT molecular complexity index is 348. The number of nitrogens with zero attached hydrogens (tertiary/aromatic N) is 2. The molecule has 0 aliphatic carbocycles. The Morgan fingerprint density at radius 3 is 2.60 bits per heavy atom. The van der Waals surface area contributed by atoms with E-state index in [1.807, 2.05) is 0 Å². The first-order chi connectivity index (χ1) is 12.2. The standard InChI is InChI=1S/C20H41N2O3/c1-4-6-9-21-10-15-25-20(18-21)8-14-24-19(3)22(11-7-5-2)12-16-23-17-13-22/h19-20H,4-18H2,1-3H3/q+1. The first-order valence-electron chi connectivity index (χ1n) is 10.6. The van der Waals surface area contributed by atoms with Gasteiger partial charge in [-0.2, -0.15) is 0 Å². The Hall–Kier alpha value is -0.200. The third-order valence-electron chi connectivity index (χ3n) is 5.94. The van der Waals surface area contributed by atoms with Gasteiger partial charge in [0.05, 0.1) is 39.1 Å². The highest BCUT2D eigenvalue weighted by atomic mass is 16.5. The fourth-order valence-electron chi connectivity index (χ4n) is 4.02. The summed E-state index contributed by atoms with van der Waals surface area (Å²) in [7, 11) is 0. The minimum absolute atomic E-state index is 0.259. The fraction of sp³-hybridized carbons (Fsp3) is 1.00. The Balaban J connectivity index is 1.73. The number of unbranched alkanes of at least 4 members (excludes halogenated alkanes) is 2. The van der Waals surface area contributed by atoms with E-state index in [0.29, 0.717) is 6.10 Å². The molecule has 2 unspecified atom stereocenters. The molecule has 0 spiro atoms. The van der Waals surface area contributed by atoms with Gasteiger partial charge in [-0.15, -0.1) is 0 Å². The zero-order valence-corrected chi connectivity index (χ0v) is 16.9. The molecule has 25 heavy (non-hydrogen) atoms. The van der Waals surface area contributed by atoms with Gasteiger partial charge in [0.15, 0.2) is 6.23 Å². The quantitative estimate of drug-likeness (QED) is 0.532. The maximum Gasteiger partial charge on any atom is 0.190 e. The summed E-state index contributed by atoms with van der Waals surface area (Å²) in [5.74, 6) is 0. The van der Waals surface area contributed by atoms with E-state index in [4.69, 9.17) is 14.2 Å². The summed E-state index contributed by atoms with van der Waals surface area (Å²) in [6.07, 6.45) is 6.69. The van der Waals surface area contributed by atoms with E-state index in [0.717, 1.165) is 63.5 Å². The lowest BCUT2D eigenvalue weighted by molar-refractivity contribution is -0.976. The van der Waals surface area contributed by atoms with Gasteiger partial charge in [-0.3, -0.25) is 9.38 Å². The Morgan fingerprint density at radius 1 is 1.12 bits per heavy atom. The molecule has 0 aromatic rings. The van der Waals surface area contributed by atoms with Crippen molar-refractivity contribution >= 4 is 0 Å². The third-order valence-corrected chi connectivity index (χ3v) is 5.94. The molecule has 2 aliphatic heterocycles. The Morgan fingerprint density at radius 2 is 1.88 bits per heavy atom. The van der Waals surface area contributed by atoms with Crippen LogP contribution in [-0.4, -0.2) is 87.4 Å². The number of hydrogen-bond acceptors (Lipinski definition) is 4. The van der Waals surface area contributed by atoms with Crippen molar-refractivity contribution in [2.45, 2.75) is 65.2 Å². The predicted molar refractivity (Wildman–Crippen MR) is 102 cm³/mol. The number of hydrogen-bond donors (Lipinski definition) is 0. The topological polar surface area (TPSA) is 30.9 Å². The summed E-state index contributed by atoms with van der Waals surface area (Å²) in [6, 6.07) is 0. The van der Waals surface area contributed by atoms with Gasteiger partial charge < -0.3 is 14.2 Å². The van der Waals surface area contributed by atoms with E-state index in [9.17, 15) is 0 Å². The van der Waals surface area contributed by atoms with E-state index in [1.54, 1.807) is 0 Å². The summed E-state index contributed by atoms with van der Waals surface area (Å²) in [5.41, 5.74) is 0. The maximum atomic E-state index is 6.32. The number of morpholine rings is 2. The molecular weight excluding hydrogens is 316 g/mol. The highest BCUT2D eigenvalue weighted by Crippen LogP contribution is 2.20. The molecule has 0 aromatic carbocycles. The minimum Gasteiger partial charge on any atom is -0.375 e. The summed E-state index contributed by atoms with van der Waals surface area (Å²) >= 11 is 0. The molecular formula is C20H41N2O3+. The van der Waals surface area contributed by atoms with E-state index in [2.05, 4.69) is 25.7 Å². The lowest BCUT2D eigenvalue weighted by Gasteiger charge is -2.45. The van der Waals surface area contributed by atoms with Gasteiger partial charge in [-0.25, -0.2) is 0 Å². The van der Waals surface area contributed by atoms with Crippen LogP contribution in [0.25, 0.3) is 0 Å². The molecule has 0 N–H and O–H groups in total. The molecule has 2 rings (SSSR count). The van der Waals surface area contributed by atoms with Crippen molar-refractivity contribution in [3.8, 4) is 0 Å². The van der Waals surface area contributed by atoms with E-state index < -0.39 is 0 Å². The smallest absolute Gasteiger partial charge is 0.190 e. The molecule has 0 aromatic heterocycles. The van der Waals surface area contributed by atoms with Crippen LogP contribution >= 0.6 is 0 Å². The lowest BCUT2D eigenvalue weighted by Crippen LogP contribution is -2.61. The van der Waals surface area contributed by atoms with Crippen LogP contribution in [0, 0.1) is 0 Å². The van der Waals surface area contributed by atoms with Crippen molar-refractivity contribution in [2.75, 3.05) is 65.7 Å². The summed E-state index contributed by atoms with van der Waals surface area (Å²) in [5, 5.41) is 0. The van der Waals surface area contributed by atoms with Crippen molar-refractivity contribution in [2.24, 2.45) is 0 Å². The molecule has 0 bridgehead atoms. The van der Waals surface area contributed by atoms with Crippen LogP contribution in [0.15, 0.2) is 0 Å². The first-order valence-corrected chi connectivity index (χ1v) is 10.6. The molecule has 2 fully saturated rings. The average molecular weight is 358 g/mol. The molecule has 2 aliphatic rings. The molecule has 0 saturated carbocycles. The third kappa shape index (κ3) is 6.79. The van der Waals surface area contributed by atoms with Gasteiger partial charge in [0.2, 0.25) is 0 Å². The average Bonchev–Trinajstić information content (AvgIpc) is 2.65. The summed E-state index contributed by atoms with van der Waals surface area (Å²) in [4.78, 5) is 2.55. The van der Waals surface area contributed by atoms with Crippen molar-refractivity contribution in [1.82, 2.24) is 4.90 Å².